The van der Waals surface area contributed by atoms with E-state index in [1.807, 2.05) is 42.1 Å². The topological polar surface area (TPSA) is 50.8 Å². The van der Waals surface area contributed by atoms with Crippen molar-refractivity contribution >= 4 is 29.1 Å². The summed E-state index contributed by atoms with van der Waals surface area (Å²) in [5.41, 5.74) is 0.782. The molecule has 1 N–H and O–H groups in total. The van der Waals surface area contributed by atoms with Gasteiger partial charge in [-0.05, 0) is 38.4 Å². The fourth-order valence-electron chi connectivity index (χ4n) is 2.49. The summed E-state index contributed by atoms with van der Waals surface area (Å²) in [7, 11) is 0. The summed E-state index contributed by atoms with van der Waals surface area (Å²) in [4.78, 5) is 13.9. The number of carbonyl (C=O) groups is 1. The molecule has 1 saturated heterocycles. The number of hydrogen-bond acceptors (Lipinski definition) is 4. The van der Waals surface area contributed by atoms with Crippen molar-refractivity contribution in [1.29, 1.82) is 0 Å². The first-order valence-corrected chi connectivity index (χ1v) is 9.20. The van der Waals surface area contributed by atoms with E-state index < -0.39 is 0 Å². The van der Waals surface area contributed by atoms with Crippen molar-refractivity contribution in [3.05, 3.63) is 23.8 Å². The smallest absolute Gasteiger partial charge is 0.410 e. The summed E-state index contributed by atoms with van der Waals surface area (Å²) in [6.07, 6.45) is 8.62. The first-order chi connectivity index (χ1) is 11.0. The Labute approximate surface area is 154 Å². The molecule has 1 fully saturated rings. The second kappa shape index (κ2) is 11.0. The van der Waals surface area contributed by atoms with Crippen LogP contribution in [-0.2, 0) is 7.80 Å². The van der Waals surface area contributed by atoms with Crippen molar-refractivity contribution in [2.24, 2.45) is 0 Å². The molecule has 0 aliphatic carbocycles. The molecule has 0 aromatic carbocycles. The van der Waals surface area contributed by atoms with Gasteiger partial charge in [0, 0.05) is 19.5 Å². The molecular weight excluding hydrogens is 407 g/mol. The highest BCUT2D eigenvalue weighted by Crippen LogP contribution is 2.26. The van der Waals surface area contributed by atoms with Gasteiger partial charge in [0.25, 0.3) is 0 Å². The normalized spacial score (nSPS) is 22.7. The van der Waals surface area contributed by atoms with Crippen LogP contribution in [0.1, 0.15) is 40.0 Å². The molecule has 1 aliphatic heterocycles. The van der Waals surface area contributed by atoms with Crippen LogP contribution in [0.5, 0.6) is 0 Å². The van der Waals surface area contributed by atoms with Crippen molar-refractivity contribution in [3.8, 4) is 0 Å². The second-order valence-electron chi connectivity index (χ2n) is 5.96. The Balaban J connectivity index is 2.46. The third-order valence-electron chi connectivity index (χ3n) is 3.93. The van der Waals surface area contributed by atoms with Gasteiger partial charge in [-0.1, -0.05) is 32.1 Å². The monoisotopic (exact) mass is 436 g/mol. The SMILES string of the molecule is CC/C=C(\C=C/CN1CCC(C)(CCNCC)OC1=O)COI. The van der Waals surface area contributed by atoms with Gasteiger partial charge < -0.3 is 18.0 Å². The average Bonchev–Trinajstić information content (AvgIpc) is 2.50. The molecule has 0 spiro atoms. The zero-order chi connectivity index (χ0) is 17.1. The van der Waals surface area contributed by atoms with Crippen molar-refractivity contribution in [3.63, 3.8) is 0 Å². The quantitative estimate of drug-likeness (QED) is 0.321. The number of hydrogen-bond donors (Lipinski definition) is 1. The van der Waals surface area contributed by atoms with Crippen LogP contribution in [0.3, 0.4) is 0 Å². The lowest BCUT2D eigenvalue weighted by Gasteiger charge is -2.38. The van der Waals surface area contributed by atoms with Crippen LogP contribution in [0, 0.1) is 0 Å². The number of nitrogens with zero attached hydrogens (tertiary/aromatic N) is 1. The Morgan fingerprint density at radius 1 is 1.52 bits per heavy atom. The maximum atomic E-state index is 12.2. The molecule has 1 heterocycles. The molecule has 1 amide bonds. The number of carbonyl (C=O) groups excluding carboxylic acids is 1. The van der Waals surface area contributed by atoms with Gasteiger partial charge in [-0.25, -0.2) is 4.79 Å². The lowest BCUT2D eigenvalue weighted by atomic mass is 9.96. The number of amides is 1. The fourth-order valence-corrected chi connectivity index (χ4v) is 2.85. The lowest BCUT2D eigenvalue weighted by Crippen LogP contribution is -2.49. The Morgan fingerprint density at radius 2 is 2.30 bits per heavy atom. The Hall–Kier alpha value is -0.600. The van der Waals surface area contributed by atoms with Crippen molar-refractivity contribution in [2.75, 3.05) is 32.8 Å². The Bertz CT molecular complexity index is 426. The zero-order valence-electron chi connectivity index (χ0n) is 14.4. The molecule has 1 atom stereocenters. The van der Waals surface area contributed by atoms with Crippen LogP contribution in [0.25, 0.3) is 0 Å². The van der Waals surface area contributed by atoms with Crippen molar-refractivity contribution in [2.45, 2.75) is 45.6 Å². The number of cyclic esters (lactones) is 1. The molecule has 0 bridgehead atoms. The summed E-state index contributed by atoms with van der Waals surface area (Å²) in [5, 5.41) is 3.28. The largest absolute Gasteiger partial charge is 0.443 e. The van der Waals surface area contributed by atoms with E-state index >= 15 is 0 Å². The van der Waals surface area contributed by atoms with Gasteiger partial charge in [0.1, 0.15) is 28.6 Å². The van der Waals surface area contributed by atoms with Crippen LogP contribution < -0.4 is 5.32 Å². The summed E-state index contributed by atoms with van der Waals surface area (Å²) >= 11 is 1.89. The van der Waals surface area contributed by atoms with Gasteiger partial charge in [0.05, 0.1) is 6.61 Å². The third-order valence-corrected chi connectivity index (χ3v) is 4.24. The molecule has 6 heteroatoms. The Morgan fingerprint density at radius 3 is 2.91 bits per heavy atom. The molecule has 0 aromatic heterocycles. The fraction of sp³-hybridized carbons (Fsp3) is 0.706. The number of ether oxygens (including phenoxy) is 1. The lowest BCUT2D eigenvalue weighted by molar-refractivity contribution is -0.0386. The van der Waals surface area contributed by atoms with E-state index in [-0.39, 0.29) is 11.7 Å². The van der Waals surface area contributed by atoms with Crippen LogP contribution in [0.2, 0.25) is 0 Å². The summed E-state index contributed by atoms with van der Waals surface area (Å²) in [6, 6.07) is 0. The minimum absolute atomic E-state index is 0.217. The predicted octanol–water partition coefficient (Wildman–Crippen LogP) is 3.85. The van der Waals surface area contributed by atoms with Crippen LogP contribution >= 0.6 is 23.0 Å². The van der Waals surface area contributed by atoms with E-state index in [9.17, 15) is 4.79 Å². The minimum Gasteiger partial charge on any atom is -0.443 e. The van der Waals surface area contributed by atoms with E-state index in [1.165, 1.54) is 0 Å². The molecule has 1 aliphatic rings. The minimum atomic E-state index is -0.345. The molecule has 5 nitrogen and oxygen atoms in total. The van der Waals surface area contributed by atoms with E-state index in [2.05, 4.69) is 25.2 Å². The van der Waals surface area contributed by atoms with E-state index in [0.29, 0.717) is 13.2 Å². The van der Waals surface area contributed by atoms with E-state index in [4.69, 9.17) is 7.80 Å². The predicted molar refractivity (Wildman–Crippen MR) is 102 cm³/mol. The maximum absolute atomic E-state index is 12.2. The number of rotatable bonds is 10. The molecule has 0 aromatic rings. The van der Waals surface area contributed by atoms with Gasteiger partial charge >= 0.3 is 6.09 Å². The van der Waals surface area contributed by atoms with Gasteiger partial charge in [0.15, 0.2) is 0 Å². The standard InChI is InChI=1S/C17H29IN2O3/c1-4-7-15(14-22-18)8-6-12-20-13-10-17(3,23-16(20)21)9-11-19-5-2/h6-8,19H,4-5,9-14H2,1-3H3/b8-6-,15-7+. The first kappa shape index (κ1) is 20.4. The van der Waals surface area contributed by atoms with Crippen LogP contribution in [0.15, 0.2) is 23.8 Å². The molecule has 1 unspecified atom stereocenters. The number of nitrogens with one attached hydrogen (secondary N) is 1. The third kappa shape index (κ3) is 7.67. The van der Waals surface area contributed by atoms with Crippen molar-refractivity contribution in [1.82, 2.24) is 10.2 Å². The molecule has 1 rings (SSSR count). The molecule has 0 radical (unpaired) electrons. The van der Waals surface area contributed by atoms with Gasteiger partial charge in [-0.15, -0.1) is 0 Å². The highest BCUT2D eigenvalue weighted by Gasteiger charge is 2.35. The summed E-state index contributed by atoms with van der Waals surface area (Å²) in [5.74, 6) is 0. The molecular formula is C17H29IN2O3. The number of allylic oxidation sites excluding steroid dienone is 1. The van der Waals surface area contributed by atoms with Crippen LogP contribution in [0.4, 0.5) is 4.79 Å². The average molecular weight is 436 g/mol. The van der Waals surface area contributed by atoms with Gasteiger partial charge in [-0.2, -0.15) is 0 Å². The van der Waals surface area contributed by atoms with Crippen molar-refractivity contribution < 1.29 is 12.6 Å². The summed E-state index contributed by atoms with van der Waals surface area (Å²) in [6.45, 7) is 9.90. The first-order valence-electron chi connectivity index (χ1n) is 8.32. The highest BCUT2D eigenvalue weighted by molar-refractivity contribution is 14.1. The highest BCUT2D eigenvalue weighted by atomic mass is 127. The van der Waals surface area contributed by atoms with E-state index in [0.717, 1.165) is 44.5 Å². The molecule has 23 heavy (non-hydrogen) atoms. The molecule has 132 valence electrons. The van der Waals surface area contributed by atoms with Gasteiger partial charge in [-0.3, -0.25) is 0 Å². The number of halogens is 1. The zero-order valence-corrected chi connectivity index (χ0v) is 16.6. The van der Waals surface area contributed by atoms with Gasteiger partial charge in [0.2, 0.25) is 0 Å². The maximum Gasteiger partial charge on any atom is 0.410 e. The molecule has 0 saturated carbocycles. The van der Waals surface area contributed by atoms with E-state index in [1.54, 1.807) is 4.90 Å². The van der Waals surface area contributed by atoms with Crippen LogP contribution in [-0.4, -0.2) is 49.4 Å². The second-order valence-corrected chi connectivity index (χ2v) is 6.58. The Kier molecular flexibility index (Phi) is 9.81. The summed E-state index contributed by atoms with van der Waals surface area (Å²) < 4.78 is 10.8.